The number of benzene rings is 2. The number of hydrogen-bond acceptors (Lipinski definition) is 7. The minimum absolute atomic E-state index is 0.158. The van der Waals surface area contributed by atoms with Gasteiger partial charge < -0.3 is 4.74 Å². The molecule has 0 spiro atoms. The van der Waals surface area contributed by atoms with Crippen LogP contribution < -0.4 is 10.2 Å². The average Bonchev–Trinajstić information content (AvgIpc) is 3.53. The molecule has 0 fully saturated rings. The number of thiophene rings is 1. The number of hydrazone groups is 1. The number of nitrogens with zero attached hydrogens (tertiary/aromatic N) is 4. The molecular formula is C24H23N5O2S2. The lowest BCUT2D eigenvalue weighted by Crippen LogP contribution is -2.21. The van der Waals surface area contributed by atoms with Gasteiger partial charge >= 0.3 is 0 Å². The van der Waals surface area contributed by atoms with E-state index in [4.69, 9.17) is 4.74 Å². The van der Waals surface area contributed by atoms with Crippen LogP contribution in [0, 0.1) is 0 Å². The predicted molar refractivity (Wildman–Crippen MR) is 133 cm³/mol. The van der Waals surface area contributed by atoms with Gasteiger partial charge in [-0.25, -0.2) is 5.43 Å². The third-order valence-electron chi connectivity index (χ3n) is 4.63. The standard InChI is InChI=1S/C24H23N5O2S2/c1-3-31-20-13-11-19(12-14-20)29-23(18-8-5-4-6-9-18)27-28-24(29)33-16-22(30)26-25-17(2)21-10-7-15-32-21/h4-15H,3,16H2,1-2H3,(H,26,30). The molecule has 4 aromatic rings. The Morgan fingerprint density at radius 3 is 2.58 bits per heavy atom. The lowest BCUT2D eigenvalue weighted by Gasteiger charge is -2.11. The second-order valence-corrected chi connectivity index (χ2v) is 8.82. The summed E-state index contributed by atoms with van der Waals surface area (Å²) in [6, 6.07) is 21.5. The molecule has 0 radical (unpaired) electrons. The first-order chi connectivity index (χ1) is 16.2. The summed E-state index contributed by atoms with van der Waals surface area (Å²) in [4.78, 5) is 13.4. The third kappa shape index (κ3) is 5.68. The fourth-order valence-corrected chi connectivity index (χ4v) is 4.50. The number of carbonyl (C=O) groups excluding carboxylic acids is 1. The molecule has 9 heteroatoms. The summed E-state index contributed by atoms with van der Waals surface area (Å²) in [6.45, 7) is 4.42. The molecular weight excluding hydrogens is 454 g/mol. The van der Waals surface area contributed by atoms with Gasteiger partial charge in [0.15, 0.2) is 11.0 Å². The van der Waals surface area contributed by atoms with Crippen LogP contribution in [0.5, 0.6) is 5.75 Å². The molecule has 7 nitrogen and oxygen atoms in total. The first-order valence-electron chi connectivity index (χ1n) is 10.4. The van der Waals surface area contributed by atoms with Crippen molar-refractivity contribution in [1.82, 2.24) is 20.2 Å². The number of nitrogens with one attached hydrogen (secondary N) is 1. The van der Waals surface area contributed by atoms with Gasteiger partial charge in [-0.15, -0.1) is 21.5 Å². The lowest BCUT2D eigenvalue weighted by molar-refractivity contribution is -0.118. The van der Waals surface area contributed by atoms with Crippen molar-refractivity contribution in [2.45, 2.75) is 19.0 Å². The summed E-state index contributed by atoms with van der Waals surface area (Å²) in [5, 5.41) is 15.6. The van der Waals surface area contributed by atoms with Crippen molar-refractivity contribution in [2.24, 2.45) is 5.10 Å². The average molecular weight is 478 g/mol. The van der Waals surface area contributed by atoms with E-state index in [0.717, 1.165) is 27.6 Å². The number of aromatic nitrogens is 3. The second-order valence-electron chi connectivity index (χ2n) is 6.93. The first-order valence-corrected chi connectivity index (χ1v) is 12.3. The van der Waals surface area contributed by atoms with Crippen molar-refractivity contribution in [3.63, 3.8) is 0 Å². The van der Waals surface area contributed by atoms with Crippen molar-refractivity contribution in [3.8, 4) is 22.8 Å². The minimum Gasteiger partial charge on any atom is -0.494 e. The SMILES string of the molecule is CCOc1ccc(-n2c(SCC(=O)NN=C(C)c3cccs3)nnc2-c2ccccc2)cc1. The summed E-state index contributed by atoms with van der Waals surface area (Å²) in [6.07, 6.45) is 0. The van der Waals surface area contributed by atoms with E-state index < -0.39 is 0 Å². The van der Waals surface area contributed by atoms with Crippen LogP contribution in [0.25, 0.3) is 17.1 Å². The van der Waals surface area contributed by atoms with E-state index in [0.29, 0.717) is 17.6 Å². The van der Waals surface area contributed by atoms with E-state index >= 15 is 0 Å². The number of amides is 1. The van der Waals surface area contributed by atoms with Gasteiger partial charge in [-0.05, 0) is 49.6 Å². The van der Waals surface area contributed by atoms with Crippen molar-refractivity contribution in [3.05, 3.63) is 77.0 Å². The Balaban J connectivity index is 1.54. The highest BCUT2D eigenvalue weighted by atomic mass is 32.2. The van der Waals surface area contributed by atoms with Gasteiger partial charge in [-0.1, -0.05) is 48.2 Å². The molecule has 1 amide bonds. The van der Waals surface area contributed by atoms with Crippen LogP contribution in [-0.4, -0.2) is 38.7 Å². The molecule has 33 heavy (non-hydrogen) atoms. The zero-order valence-corrected chi connectivity index (χ0v) is 19.9. The van der Waals surface area contributed by atoms with Crippen molar-refractivity contribution < 1.29 is 9.53 Å². The number of ether oxygens (including phenoxy) is 1. The number of thioether (sulfide) groups is 1. The van der Waals surface area contributed by atoms with E-state index in [2.05, 4.69) is 20.7 Å². The fraction of sp³-hybridized carbons (Fsp3) is 0.167. The normalized spacial score (nSPS) is 11.4. The summed E-state index contributed by atoms with van der Waals surface area (Å²) >= 11 is 2.89. The zero-order valence-electron chi connectivity index (χ0n) is 18.3. The van der Waals surface area contributed by atoms with Gasteiger partial charge in [0.2, 0.25) is 0 Å². The van der Waals surface area contributed by atoms with Crippen LogP contribution in [0.4, 0.5) is 0 Å². The topological polar surface area (TPSA) is 81.4 Å². The number of carbonyl (C=O) groups is 1. The van der Waals surface area contributed by atoms with E-state index in [-0.39, 0.29) is 11.7 Å². The molecule has 0 saturated carbocycles. The number of hydrogen-bond donors (Lipinski definition) is 1. The van der Waals surface area contributed by atoms with E-state index in [1.807, 2.05) is 90.5 Å². The molecule has 0 aliphatic carbocycles. The van der Waals surface area contributed by atoms with Crippen LogP contribution in [-0.2, 0) is 4.79 Å². The second kappa shape index (κ2) is 10.9. The van der Waals surface area contributed by atoms with E-state index in [1.165, 1.54) is 11.8 Å². The summed E-state index contributed by atoms with van der Waals surface area (Å²) in [5.41, 5.74) is 5.21. The minimum atomic E-state index is -0.210. The molecule has 2 aromatic heterocycles. The highest BCUT2D eigenvalue weighted by Crippen LogP contribution is 2.28. The van der Waals surface area contributed by atoms with Crippen molar-refractivity contribution in [1.29, 1.82) is 0 Å². The molecule has 1 N–H and O–H groups in total. The number of rotatable bonds is 9. The maximum Gasteiger partial charge on any atom is 0.250 e. The molecule has 0 saturated heterocycles. The van der Waals surface area contributed by atoms with Gasteiger partial charge in [0.05, 0.1) is 18.1 Å². The van der Waals surface area contributed by atoms with Gasteiger partial charge in [0, 0.05) is 16.1 Å². The summed E-state index contributed by atoms with van der Waals surface area (Å²) in [5.74, 6) is 1.45. The van der Waals surface area contributed by atoms with Crippen LogP contribution in [0.2, 0.25) is 0 Å². The molecule has 0 aliphatic rings. The van der Waals surface area contributed by atoms with Gasteiger partial charge in [-0.3, -0.25) is 9.36 Å². The third-order valence-corrected chi connectivity index (χ3v) is 6.54. The lowest BCUT2D eigenvalue weighted by atomic mass is 10.2. The van der Waals surface area contributed by atoms with E-state index in [1.54, 1.807) is 11.3 Å². The predicted octanol–water partition coefficient (Wildman–Crippen LogP) is 5.03. The molecule has 0 bridgehead atoms. The fourth-order valence-electron chi connectivity index (χ4n) is 3.08. The van der Waals surface area contributed by atoms with Crippen LogP contribution in [0.15, 0.2) is 82.4 Å². The van der Waals surface area contributed by atoms with E-state index in [9.17, 15) is 4.79 Å². The maximum absolute atomic E-state index is 12.4. The van der Waals surface area contributed by atoms with Crippen molar-refractivity contribution in [2.75, 3.05) is 12.4 Å². The summed E-state index contributed by atoms with van der Waals surface area (Å²) < 4.78 is 7.51. The highest BCUT2D eigenvalue weighted by Gasteiger charge is 2.17. The van der Waals surface area contributed by atoms with Crippen LogP contribution in [0.3, 0.4) is 0 Å². The Kier molecular flexibility index (Phi) is 7.54. The Bertz CT molecular complexity index is 1220. The summed E-state index contributed by atoms with van der Waals surface area (Å²) in [7, 11) is 0. The van der Waals surface area contributed by atoms with Gasteiger partial charge in [0.25, 0.3) is 5.91 Å². The first kappa shape index (κ1) is 22.8. The smallest absolute Gasteiger partial charge is 0.250 e. The van der Waals surface area contributed by atoms with Crippen LogP contribution >= 0.6 is 23.1 Å². The Labute approximate surface area is 200 Å². The molecule has 4 rings (SSSR count). The molecule has 0 unspecified atom stereocenters. The molecule has 2 aromatic carbocycles. The van der Waals surface area contributed by atoms with Crippen molar-refractivity contribution >= 4 is 34.7 Å². The monoisotopic (exact) mass is 477 g/mol. The quantitative estimate of drug-likeness (QED) is 0.208. The zero-order chi connectivity index (χ0) is 23.0. The van der Waals surface area contributed by atoms with Gasteiger partial charge in [0.1, 0.15) is 5.75 Å². The molecule has 0 aliphatic heterocycles. The Morgan fingerprint density at radius 1 is 1.09 bits per heavy atom. The van der Waals surface area contributed by atoms with Crippen LogP contribution in [0.1, 0.15) is 18.7 Å². The maximum atomic E-state index is 12.4. The molecule has 0 atom stereocenters. The molecule has 168 valence electrons. The molecule has 2 heterocycles. The highest BCUT2D eigenvalue weighted by molar-refractivity contribution is 7.99. The Hall–Kier alpha value is -3.43. The van der Waals surface area contributed by atoms with Gasteiger partial charge in [-0.2, -0.15) is 5.10 Å². The Morgan fingerprint density at radius 2 is 1.88 bits per heavy atom. The largest absolute Gasteiger partial charge is 0.494 e.